The van der Waals surface area contributed by atoms with Gasteiger partial charge in [0.15, 0.2) is 0 Å². The van der Waals surface area contributed by atoms with Gasteiger partial charge in [-0.2, -0.15) is 0 Å². The third kappa shape index (κ3) is 5.29. The third-order valence-electron chi connectivity index (χ3n) is 2.70. The van der Waals surface area contributed by atoms with Crippen LogP contribution in [0.25, 0.3) is 0 Å². The van der Waals surface area contributed by atoms with E-state index in [1.807, 2.05) is 6.92 Å². The topological polar surface area (TPSA) is 29.5 Å². The van der Waals surface area contributed by atoms with Gasteiger partial charge < -0.3 is 9.84 Å². The van der Waals surface area contributed by atoms with Crippen molar-refractivity contribution in [3.8, 4) is 0 Å². The first kappa shape index (κ1) is 14.1. The molecule has 0 spiro atoms. The number of halogens is 1. The Hall–Kier alpha value is -0.930. The van der Waals surface area contributed by atoms with Crippen molar-refractivity contribution in [1.29, 1.82) is 0 Å². The summed E-state index contributed by atoms with van der Waals surface area (Å²) in [5, 5.41) is 9.82. The lowest BCUT2D eigenvalue weighted by atomic mass is 10.0. The summed E-state index contributed by atoms with van der Waals surface area (Å²) in [5.74, 6) is -0.230. The Labute approximate surface area is 102 Å². The number of aliphatic hydroxyl groups is 1. The summed E-state index contributed by atoms with van der Waals surface area (Å²) >= 11 is 0. The second-order valence-corrected chi connectivity index (χ2v) is 4.33. The van der Waals surface area contributed by atoms with Gasteiger partial charge in [0.2, 0.25) is 0 Å². The summed E-state index contributed by atoms with van der Waals surface area (Å²) in [6, 6.07) is 4.67. The van der Waals surface area contributed by atoms with Crippen LogP contribution in [-0.2, 0) is 11.2 Å². The van der Waals surface area contributed by atoms with E-state index >= 15 is 0 Å². The number of rotatable bonds is 7. The van der Waals surface area contributed by atoms with Gasteiger partial charge in [-0.1, -0.05) is 13.0 Å². The minimum absolute atomic E-state index is 0.230. The highest BCUT2D eigenvalue weighted by atomic mass is 19.1. The lowest BCUT2D eigenvalue weighted by Gasteiger charge is -2.12. The number of hydrogen-bond donors (Lipinski definition) is 1. The Morgan fingerprint density at radius 1 is 1.35 bits per heavy atom. The van der Waals surface area contributed by atoms with Gasteiger partial charge in [0.1, 0.15) is 5.82 Å². The highest BCUT2D eigenvalue weighted by molar-refractivity contribution is 5.27. The van der Waals surface area contributed by atoms with Gasteiger partial charge in [0, 0.05) is 13.2 Å². The summed E-state index contributed by atoms with van der Waals surface area (Å²) in [6.07, 6.45) is 1.75. The summed E-state index contributed by atoms with van der Waals surface area (Å²) in [4.78, 5) is 0. The number of ether oxygens (including phenoxy) is 1. The van der Waals surface area contributed by atoms with Crippen LogP contribution < -0.4 is 0 Å². The van der Waals surface area contributed by atoms with Crippen molar-refractivity contribution in [1.82, 2.24) is 0 Å². The zero-order valence-electron chi connectivity index (χ0n) is 10.6. The monoisotopic (exact) mass is 240 g/mol. The highest BCUT2D eigenvalue weighted by Crippen LogP contribution is 2.13. The van der Waals surface area contributed by atoms with Crippen LogP contribution in [0.4, 0.5) is 4.39 Å². The molecule has 0 aromatic heterocycles. The Kier molecular flexibility index (Phi) is 6.16. The van der Waals surface area contributed by atoms with E-state index in [2.05, 4.69) is 6.92 Å². The van der Waals surface area contributed by atoms with Crippen LogP contribution in [0.15, 0.2) is 18.2 Å². The van der Waals surface area contributed by atoms with E-state index < -0.39 is 6.10 Å². The van der Waals surface area contributed by atoms with Gasteiger partial charge in [-0.15, -0.1) is 0 Å². The van der Waals surface area contributed by atoms with Gasteiger partial charge in [-0.25, -0.2) is 4.39 Å². The van der Waals surface area contributed by atoms with Gasteiger partial charge in [-0.05, 0) is 49.4 Å². The van der Waals surface area contributed by atoms with E-state index in [1.165, 1.54) is 12.1 Å². The second kappa shape index (κ2) is 7.41. The van der Waals surface area contributed by atoms with E-state index in [4.69, 9.17) is 4.74 Å². The summed E-state index contributed by atoms with van der Waals surface area (Å²) < 4.78 is 18.2. The lowest BCUT2D eigenvalue weighted by Crippen LogP contribution is -2.14. The van der Waals surface area contributed by atoms with Crippen molar-refractivity contribution < 1.29 is 14.2 Å². The first-order chi connectivity index (χ1) is 8.13. The van der Waals surface area contributed by atoms with E-state index in [0.29, 0.717) is 19.4 Å². The van der Waals surface area contributed by atoms with Crippen LogP contribution >= 0.6 is 0 Å². The standard InChI is InChI=1S/C14H21FO2/c1-3-7-17-8-6-14(16)10-12-4-5-13(15)9-11(12)2/h4-5,9,14,16H,3,6-8,10H2,1-2H3. The molecule has 0 fully saturated rings. The van der Waals surface area contributed by atoms with Gasteiger partial charge in [-0.3, -0.25) is 0 Å². The molecule has 1 aromatic rings. The number of aryl methyl sites for hydroxylation is 1. The van der Waals surface area contributed by atoms with Crippen molar-refractivity contribution in [2.24, 2.45) is 0 Å². The fourth-order valence-electron chi connectivity index (χ4n) is 1.71. The summed E-state index contributed by atoms with van der Waals surface area (Å²) in [5.41, 5.74) is 1.88. The van der Waals surface area contributed by atoms with Gasteiger partial charge in [0.25, 0.3) is 0 Å². The Bertz CT molecular complexity index is 339. The number of benzene rings is 1. The average molecular weight is 240 g/mol. The molecule has 0 aliphatic carbocycles. The van der Waals surface area contributed by atoms with E-state index in [9.17, 15) is 9.50 Å². The fraction of sp³-hybridized carbons (Fsp3) is 0.571. The maximum atomic E-state index is 12.9. The molecule has 1 atom stereocenters. The van der Waals surface area contributed by atoms with Gasteiger partial charge >= 0.3 is 0 Å². The smallest absolute Gasteiger partial charge is 0.123 e. The second-order valence-electron chi connectivity index (χ2n) is 4.33. The molecule has 0 saturated heterocycles. The molecule has 0 aliphatic rings. The van der Waals surface area contributed by atoms with E-state index in [1.54, 1.807) is 6.07 Å². The van der Waals surface area contributed by atoms with Crippen molar-refractivity contribution >= 4 is 0 Å². The van der Waals surface area contributed by atoms with Crippen LogP contribution in [0.5, 0.6) is 0 Å². The lowest BCUT2D eigenvalue weighted by molar-refractivity contribution is 0.0823. The molecule has 1 aromatic carbocycles. The minimum atomic E-state index is -0.420. The predicted molar refractivity (Wildman–Crippen MR) is 66.6 cm³/mol. The first-order valence-electron chi connectivity index (χ1n) is 6.14. The molecule has 2 nitrogen and oxygen atoms in total. The average Bonchev–Trinajstić information content (AvgIpc) is 2.28. The molecule has 0 amide bonds. The normalized spacial score (nSPS) is 12.7. The van der Waals surface area contributed by atoms with Crippen LogP contribution in [0, 0.1) is 12.7 Å². The van der Waals surface area contributed by atoms with Crippen LogP contribution in [0.3, 0.4) is 0 Å². The zero-order valence-corrected chi connectivity index (χ0v) is 10.6. The molecule has 0 radical (unpaired) electrons. The Balaban J connectivity index is 2.37. The molecule has 3 heteroatoms. The zero-order chi connectivity index (χ0) is 12.7. The van der Waals surface area contributed by atoms with Crippen molar-refractivity contribution in [2.75, 3.05) is 13.2 Å². The molecule has 1 rings (SSSR count). The van der Waals surface area contributed by atoms with Crippen LogP contribution in [-0.4, -0.2) is 24.4 Å². The Morgan fingerprint density at radius 3 is 2.76 bits per heavy atom. The van der Waals surface area contributed by atoms with Crippen molar-refractivity contribution in [3.05, 3.63) is 35.1 Å². The maximum absolute atomic E-state index is 12.9. The minimum Gasteiger partial charge on any atom is -0.393 e. The van der Waals surface area contributed by atoms with Crippen LogP contribution in [0.1, 0.15) is 30.9 Å². The molecular formula is C14H21FO2. The largest absolute Gasteiger partial charge is 0.393 e. The molecule has 96 valence electrons. The first-order valence-corrected chi connectivity index (χ1v) is 6.14. The van der Waals surface area contributed by atoms with Gasteiger partial charge in [0.05, 0.1) is 6.10 Å². The molecule has 0 bridgehead atoms. The van der Waals surface area contributed by atoms with E-state index in [0.717, 1.165) is 24.2 Å². The van der Waals surface area contributed by atoms with Crippen LogP contribution in [0.2, 0.25) is 0 Å². The highest BCUT2D eigenvalue weighted by Gasteiger charge is 2.08. The van der Waals surface area contributed by atoms with E-state index in [-0.39, 0.29) is 5.82 Å². The number of aliphatic hydroxyl groups excluding tert-OH is 1. The molecule has 0 aliphatic heterocycles. The molecular weight excluding hydrogens is 219 g/mol. The maximum Gasteiger partial charge on any atom is 0.123 e. The summed E-state index contributed by atoms with van der Waals surface area (Å²) in [6.45, 7) is 5.23. The molecule has 1 unspecified atom stereocenters. The van der Waals surface area contributed by atoms with Crippen molar-refractivity contribution in [3.63, 3.8) is 0 Å². The molecule has 1 N–H and O–H groups in total. The quantitative estimate of drug-likeness (QED) is 0.743. The molecule has 17 heavy (non-hydrogen) atoms. The molecule has 0 heterocycles. The Morgan fingerprint density at radius 2 is 2.12 bits per heavy atom. The molecule has 0 saturated carbocycles. The summed E-state index contributed by atoms with van der Waals surface area (Å²) in [7, 11) is 0. The number of hydrogen-bond acceptors (Lipinski definition) is 2. The fourth-order valence-corrected chi connectivity index (χ4v) is 1.71. The third-order valence-corrected chi connectivity index (χ3v) is 2.70. The predicted octanol–water partition coefficient (Wildman–Crippen LogP) is 2.85. The van der Waals surface area contributed by atoms with Crippen molar-refractivity contribution in [2.45, 2.75) is 39.2 Å². The SMILES string of the molecule is CCCOCCC(O)Cc1ccc(F)cc1C.